The Labute approximate surface area is 56.0 Å². The van der Waals surface area contributed by atoms with Gasteiger partial charge in [0.05, 0.1) is 5.66 Å². The minimum Gasteiger partial charge on any atom is -0.235 e. The summed E-state index contributed by atoms with van der Waals surface area (Å²) in [6.07, 6.45) is 5.43. The van der Waals surface area contributed by atoms with Gasteiger partial charge in [0.15, 0.2) is 0 Å². The standard InChI is InChI=1S/C7H14N2/c1-6-2-4-7(5-3-6)8-9-7/h6,8-9H,2-5H2,1H3. The molecule has 0 bridgehead atoms. The van der Waals surface area contributed by atoms with Gasteiger partial charge in [0.2, 0.25) is 0 Å². The van der Waals surface area contributed by atoms with Crippen LogP contribution in [0.1, 0.15) is 32.6 Å². The Morgan fingerprint density at radius 2 is 1.78 bits per heavy atom. The monoisotopic (exact) mass is 126 g/mol. The Hall–Kier alpha value is -0.0800. The molecule has 0 atom stereocenters. The molecular formula is C7H14N2. The number of hydrogen-bond donors (Lipinski definition) is 2. The Morgan fingerprint density at radius 1 is 1.22 bits per heavy atom. The Bertz CT molecular complexity index is 108. The second-order valence-corrected chi connectivity index (χ2v) is 3.51. The Kier molecular flexibility index (Phi) is 1.08. The lowest BCUT2D eigenvalue weighted by molar-refractivity contribution is 0.318. The van der Waals surface area contributed by atoms with Crippen LogP contribution in [0.3, 0.4) is 0 Å². The van der Waals surface area contributed by atoms with E-state index in [1.165, 1.54) is 25.7 Å². The Balaban J connectivity index is 1.91. The molecular weight excluding hydrogens is 112 g/mol. The molecule has 2 heteroatoms. The SMILES string of the molecule is CC1CCC2(CC1)NN2. The molecule has 0 amide bonds. The van der Waals surface area contributed by atoms with Crippen LogP contribution in [0.15, 0.2) is 0 Å². The number of hydrazine groups is 1. The van der Waals surface area contributed by atoms with Crippen molar-refractivity contribution in [2.45, 2.75) is 38.3 Å². The molecule has 0 unspecified atom stereocenters. The smallest absolute Gasteiger partial charge is 0.0943 e. The third kappa shape index (κ3) is 0.970. The van der Waals surface area contributed by atoms with E-state index in [1.54, 1.807) is 0 Å². The minimum absolute atomic E-state index is 0.409. The lowest BCUT2D eigenvalue weighted by Gasteiger charge is -2.22. The summed E-state index contributed by atoms with van der Waals surface area (Å²) in [4.78, 5) is 0. The topological polar surface area (TPSA) is 43.9 Å². The molecule has 1 saturated carbocycles. The van der Waals surface area contributed by atoms with E-state index in [2.05, 4.69) is 17.8 Å². The highest BCUT2D eigenvalue weighted by Crippen LogP contribution is 2.33. The van der Waals surface area contributed by atoms with Crippen molar-refractivity contribution in [3.63, 3.8) is 0 Å². The first-order chi connectivity index (χ1) is 4.31. The van der Waals surface area contributed by atoms with E-state index in [4.69, 9.17) is 0 Å². The van der Waals surface area contributed by atoms with Crippen molar-refractivity contribution in [1.82, 2.24) is 10.9 Å². The summed E-state index contributed by atoms with van der Waals surface area (Å²) in [6, 6.07) is 0. The molecule has 0 aromatic rings. The molecule has 2 rings (SSSR count). The molecule has 0 aromatic carbocycles. The van der Waals surface area contributed by atoms with Crippen molar-refractivity contribution >= 4 is 0 Å². The van der Waals surface area contributed by atoms with E-state index >= 15 is 0 Å². The third-order valence-corrected chi connectivity index (χ3v) is 2.61. The second kappa shape index (κ2) is 1.70. The molecule has 1 heterocycles. The van der Waals surface area contributed by atoms with E-state index in [1.807, 2.05) is 0 Å². The van der Waals surface area contributed by atoms with Crippen LogP contribution in [0.2, 0.25) is 0 Å². The normalized spacial score (nSPS) is 33.0. The summed E-state index contributed by atoms with van der Waals surface area (Å²) in [7, 11) is 0. The van der Waals surface area contributed by atoms with Gasteiger partial charge in [-0.1, -0.05) is 6.92 Å². The largest absolute Gasteiger partial charge is 0.235 e. The van der Waals surface area contributed by atoms with Gasteiger partial charge in [0, 0.05) is 0 Å². The van der Waals surface area contributed by atoms with E-state index in [0.29, 0.717) is 5.66 Å². The van der Waals surface area contributed by atoms with Crippen molar-refractivity contribution in [1.29, 1.82) is 0 Å². The maximum Gasteiger partial charge on any atom is 0.0943 e. The molecule has 1 saturated heterocycles. The molecule has 1 spiro atoms. The summed E-state index contributed by atoms with van der Waals surface area (Å²) < 4.78 is 0. The van der Waals surface area contributed by atoms with Gasteiger partial charge >= 0.3 is 0 Å². The second-order valence-electron chi connectivity index (χ2n) is 3.51. The molecule has 2 aliphatic rings. The molecule has 52 valence electrons. The predicted octanol–water partition coefficient (Wildman–Crippen LogP) is 1.00. The number of hydrogen-bond acceptors (Lipinski definition) is 2. The van der Waals surface area contributed by atoms with Crippen LogP contribution < -0.4 is 10.9 Å². The lowest BCUT2D eigenvalue weighted by atomic mass is 9.86. The molecule has 1 aliphatic heterocycles. The minimum atomic E-state index is 0.409. The average molecular weight is 126 g/mol. The van der Waals surface area contributed by atoms with Crippen LogP contribution in [0, 0.1) is 5.92 Å². The van der Waals surface area contributed by atoms with E-state index < -0.39 is 0 Å². The maximum absolute atomic E-state index is 3.22. The number of rotatable bonds is 0. The quantitative estimate of drug-likeness (QED) is 0.475. The first-order valence-corrected chi connectivity index (χ1v) is 3.85. The summed E-state index contributed by atoms with van der Waals surface area (Å²) >= 11 is 0. The molecule has 0 aromatic heterocycles. The van der Waals surface area contributed by atoms with Gasteiger partial charge in [-0.05, 0) is 31.6 Å². The van der Waals surface area contributed by atoms with Crippen LogP contribution in [-0.2, 0) is 0 Å². The van der Waals surface area contributed by atoms with E-state index in [9.17, 15) is 0 Å². The zero-order valence-corrected chi connectivity index (χ0v) is 5.91. The Morgan fingerprint density at radius 3 is 2.22 bits per heavy atom. The highest BCUT2D eigenvalue weighted by atomic mass is 15.7. The van der Waals surface area contributed by atoms with E-state index in [-0.39, 0.29) is 0 Å². The van der Waals surface area contributed by atoms with E-state index in [0.717, 1.165) is 5.92 Å². The van der Waals surface area contributed by atoms with Gasteiger partial charge in [0.25, 0.3) is 0 Å². The van der Waals surface area contributed by atoms with Crippen LogP contribution in [0.25, 0.3) is 0 Å². The molecule has 1 aliphatic carbocycles. The van der Waals surface area contributed by atoms with Crippen LogP contribution in [-0.4, -0.2) is 5.66 Å². The van der Waals surface area contributed by atoms with Gasteiger partial charge < -0.3 is 0 Å². The van der Waals surface area contributed by atoms with Crippen molar-refractivity contribution in [2.24, 2.45) is 5.92 Å². The highest BCUT2D eigenvalue weighted by molar-refractivity contribution is 4.97. The van der Waals surface area contributed by atoms with Gasteiger partial charge in [-0.15, -0.1) is 0 Å². The summed E-state index contributed by atoms with van der Waals surface area (Å²) in [5.41, 5.74) is 6.85. The van der Waals surface area contributed by atoms with Gasteiger partial charge in [-0.25, -0.2) is 10.9 Å². The van der Waals surface area contributed by atoms with Gasteiger partial charge in [0.1, 0.15) is 0 Å². The molecule has 9 heavy (non-hydrogen) atoms. The highest BCUT2D eigenvalue weighted by Gasteiger charge is 2.43. The van der Waals surface area contributed by atoms with Crippen LogP contribution in [0.5, 0.6) is 0 Å². The lowest BCUT2D eigenvalue weighted by Crippen LogP contribution is -2.24. The zero-order valence-electron chi connectivity index (χ0n) is 5.91. The molecule has 2 nitrogen and oxygen atoms in total. The van der Waals surface area contributed by atoms with Crippen molar-refractivity contribution in [3.05, 3.63) is 0 Å². The summed E-state index contributed by atoms with van der Waals surface area (Å²) in [6.45, 7) is 2.34. The molecule has 0 radical (unpaired) electrons. The van der Waals surface area contributed by atoms with Crippen LogP contribution in [0.4, 0.5) is 0 Å². The fraction of sp³-hybridized carbons (Fsp3) is 1.00. The molecule has 2 N–H and O–H groups in total. The van der Waals surface area contributed by atoms with Gasteiger partial charge in [-0.3, -0.25) is 0 Å². The van der Waals surface area contributed by atoms with Crippen molar-refractivity contribution in [3.8, 4) is 0 Å². The van der Waals surface area contributed by atoms with Crippen LogP contribution >= 0.6 is 0 Å². The van der Waals surface area contributed by atoms with Gasteiger partial charge in [-0.2, -0.15) is 0 Å². The summed E-state index contributed by atoms with van der Waals surface area (Å²) in [5.74, 6) is 0.958. The fourth-order valence-corrected chi connectivity index (χ4v) is 1.59. The fourth-order valence-electron chi connectivity index (χ4n) is 1.59. The third-order valence-electron chi connectivity index (χ3n) is 2.61. The molecule has 2 fully saturated rings. The first-order valence-electron chi connectivity index (χ1n) is 3.85. The predicted molar refractivity (Wildman–Crippen MR) is 36.6 cm³/mol. The number of nitrogens with one attached hydrogen (secondary N) is 2. The average Bonchev–Trinajstić information content (AvgIpc) is 2.60. The summed E-state index contributed by atoms with van der Waals surface area (Å²) in [5, 5.41) is 0. The zero-order chi connectivity index (χ0) is 6.32. The maximum atomic E-state index is 3.22. The van der Waals surface area contributed by atoms with Crippen molar-refractivity contribution < 1.29 is 0 Å². The van der Waals surface area contributed by atoms with Crippen molar-refractivity contribution in [2.75, 3.05) is 0 Å². The first kappa shape index (κ1) is 5.69.